The molecule has 0 aromatic carbocycles. The molecule has 1 aliphatic carbocycles. The van der Waals surface area contributed by atoms with Gasteiger partial charge in [-0.2, -0.15) is 5.10 Å². The third-order valence-corrected chi connectivity index (χ3v) is 6.77. The maximum Gasteiger partial charge on any atom is 0.165 e. The van der Waals surface area contributed by atoms with E-state index in [4.69, 9.17) is 4.99 Å². The molecular formula is C17H20N6S2. The fraction of sp³-hybridized carbons (Fsp3) is 0.471. The van der Waals surface area contributed by atoms with Crippen molar-refractivity contribution in [1.82, 2.24) is 24.4 Å². The number of hydrogen-bond donors (Lipinski definition) is 1. The molecule has 3 aliphatic rings. The highest BCUT2D eigenvalue weighted by molar-refractivity contribution is 7.98. The van der Waals surface area contributed by atoms with Crippen LogP contribution in [-0.2, 0) is 7.05 Å². The smallest absolute Gasteiger partial charge is 0.165 e. The average molecular weight is 373 g/mol. The quantitative estimate of drug-likeness (QED) is 0.818. The van der Waals surface area contributed by atoms with Gasteiger partial charge in [0.05, 0.1) is 12.2 Å². The summed E-state index contributed by atoms with van der Waals surface area (Å²) < 4.78 is 5.55. The van der Waals surface area contributed by atoms with E-state index in [1.54, 1.807) is 11.3 Å². The van der Waals surface area contributed by atoms with Gasteiger partial charge < -0.3 is 4.90 Å². The van der Waals surface area contributed by atoms with E-state index < -0.39 is 0 Å². The van der Waals surface area contributed by atoms with Gasteiger partial charge in [-0.15, -0.1) is 11.3 Å². The lowest BCUT2D eigenvalue weighted by molar-refractivity contribution is 0.544. The van der Waals surface area contributed by atoms with Gasteiger partial charge in [0.1, 0.15) is 0 Å². The van der Waals surface area contributed by atoms with Crippen LogP contribution >= 0.6 is 23.3 Å². The van der Waals surface area contributed by atoms with Gasteiger partial charge in [0.25, 0.3) is 0 Å². The number of amidine groups is 1. The number of fused-ring (bicyclic) bond motifs is 1. The molecule has 2 aromatic heterocycles. The third kappa shape index (κ3) is 3.02. The highest BCUT2D eigenvalue weighted by Crippen LogP contribution is 2.37. The van der Waals surface area contributed by atoms with E-state index >= 15 is 0 Å². The highest BCUT2D eigenvalue weighted by atomic mass is 32.2. The molecule has 4 heterocycles. The van der Waals surface area contributed by atoms with Crippen molar-refractivity contribution in [1.29, 1.82) is 0 Å². The number of aliphatic imine (C=N–C) groups is 1. The standard InChI is InChI=1S/C17H20N6S2/c1-22-6-4-14(20-22)13-9-19-16(17-18-5-7-24-17)23-10-11(8-15(13)23)21-25-12-2-3-12/h4-7,11-12,21H,2-3,8-10H2,1H3. The molecule has 2 aliphatic heterocycles. The first kappa shape index (κ1) is 15.6. The second-order valence-corrected chi connectivity index (χ2v) is 8.76. The van der Waals surface area contributed by atoms with Crippen LogP contribution in [-0.4, -0.2) is 49.9 Å². The van der Waals surface area contributed by atoms with Crippen molar-refractivity contribution in [2.75, 3.05) is 13.1 Å². The van der Waals surface area contributed by atoms with Gasteiger partial charge >= 0.3 is 0 Å². The van der Waals surface area contributed by atoms with E-state index in [1.165, 1.54) is 24.1 Å². The van der Waals surface area contributed by atoms with Gasteiger partial charge in [-0.1, -0.05) is 11.9 Å². The van der Waals surface area contributed by atoms with Gasteiger partial charge in [0, 0.05) is 60.3 Å². The first-order valence-corrected chi connectivity index (χ1v) is 10.4. The molecule has 1 atom stereocenters. The number of thiazole rings is 1. The van der Waals surface area contributed by atoms with Gasteiger partial charge in [-0.25, -0.2) is 4.98 Å². The molecule has 1 N–H and O–H groups in total. The molecule has 1 unspecified atom stereocenters. The van der Waals surface area contributed by atoms with Crippen molar-refractivity contribution >= 4 is 34.7 Å². The topological polar surface area (TPSA) is 58.3 Å². The molecule has 0 bridgehead atoms. The first-order valence-electron chi connectivity index (χ1n) is 8.63. The van der Waals surface area contributed by atoms with Crippen LogP contribution < -0.4 is 4.72 Å². The summed E-state index contributed by atoms with van der Waals surface area (Å²) in [4.78, 5) is 11.7. The zero-order valence-corrected chi connectivity index (χ0v) is 15.7. The number of aryl methyl sites for hydroxylation is 1. The predicted octanol–water partition coefficient (Wildman–Crippen LogP) is 2.52. The number of hydrogen-bond acceptors (Lipinski definition) is 7. The minimum Gasteiger partial charge on any atom is -0.326 e. The lowest BCUT2D eigenvalue weighted by Gasteiger charge is -2.27. The lowest BCUT2D eigenvalue weighted by atomic mass is 10.1. The second kappa shape index (κ2) is 6.26. The zero-order chi connectivity index (χ0) is 16.8. The van der Waals surface area contributed by atoms with Crippen LogP contribution in [0.5, 0.6) is 0 Å². The summed E-state index contributed by atoms with van der Waals surface area (Å²) in [6, 6.07) is 2.53. The summed E-state index contributed by atoms with van der Waals surface area (Å²) in [5.74, 6) is 1.02. The monoisotopic (exact) mass is 372 g/mol. The van der Waals surface area contributed by atoms with Crippen LogP contribution in [0.3, 0.4) is 0 Å². The predicted molar refractivity (Wildman–Crippen MR) is 103 cm³/mol. The Hall–Kier alpha value is -1.64. The summed E-state index contributed by atoms with van der Waals surface area (Å²) in [7, 11) is 1.96. The first-order chi connectivity index (χ1) is 12.3. The molecule has 0 amide bonds. The molecule has 8 heteroatoms. The van der Waals surface area contributed by atoms with Gasteiger partial charge in [0.2, 0.25) is 0 Å². The second-order valence-electron chi connectivity index (χ2n) is 6.72. The zero-order valence-electron chi connectivity index (χ0n) is 14.1. The molecule has 25 heavy (non-hydrogen) atoms. The Morgan fingerprint density at radius 3 is 3.00 bits per heavy atom. The SMILES string of the molecule is Cn1ccc(C2=C3CC(NSC4CC4)CN3C(c3nccs3)=NC2)n1. The number of nitrogens with zero attached hydrogens (tertiary/aromatic N) is 5. The minimum atomic E-state index is 0.447. The largest absolute Gasteiger partial charge is 0.326 e. The third-order valence-electron chi connectivity index (χ3n) is 4.73. The van der Waals surface area contributed by atoms with Crippen molar-refractivity contribution in [3.63, 3.8) is 0 Å². The van der Waals surface area contributed by atoms with Crippen molar-refractivity contribution in [3.05, 3.63) is 40.2 Å². The summed E-state index contributed by atoms with van der Waals surface area (Å²) in [6.45, 7) is 1.63. The Labute approximate surface area is 155 Å². The molecule has 1 saturated carbocycles. The van der Waals surface area contributed by atoms with Crippen LogP contribution in [0.25, 0.3) is 5.57 Å². The van der Waals surface area contributed by atoms with Gasteiger partial charge in [-0.05, 0) is 18.9 Å². The van der Waals surface area contributed by atoms with Crippen LogP contribution in [0.1, 0.15) is 30.0 Å². The summed E-state index contributed by atoms with van der Waals surface area (Å²) in [5, 5.41) is 8.46. The van der Waals surface area contributed by atoms with Crippen LogP contribution in [0, 0.1) is 0 Å². The lowest BCUT2D eigenvalue weighted by Crippen LogP contribution is -2.35. The van der Waals surface area contributed by atoms with Crippen molar-refractivity contribution in [3.8, 4) is 0 Å². The number of rotatable bonds is 5. The minimum absolute atomic E-state index is 0.447. The fourth-order valence-electron chi connectivity index (χ4n) is 3.35. The Balaban J connectivity index is 1.46. The Bertz CT molecular complexity index is 833. The molecule has 6 nitrogen and oxygen atoms in total. The van der Waals surface area contributed by atoms with E-state index in [-0.39, 0.29) is 0 Å². The fourth-order valence-corrected chi connectivity index (χ4v) is 4.92. The molecular weight excluding hydrogens is 352 g/mol. The Morgan fingerprint density at radius 2 is 2.28 bits per heavy atom. The van der Waals surface area contributed by atoms with Gasteiger partial charge in [-0.3, -0.25) is 14.4 Å². The van der Waals surface area contributed by atoms with E-state index in [0.29, 0.717) is 12.6 Å². The van der Waals surface area contributed by atoms with Crippen LogP contribution in [0.4, 0.5) is 0 Å². The summed E-state index contributed by atoms with van der Waals surface area (Å²) in [5.41, 5.74) is 3.65. The Morgan fingerprint density at radius 1 is 1.36 bits per heavy atom. The molecule has 130 valence electrons. The Kier molecular flexibility index (Phi) is 3.91. The van der Waals surface area contributed by atoms with Crippen molar-refractivity contribution in [2.45, 2.75) is 30.6 Å². The van der Waals surface area contributed by atoms with Crippen molar-refractivity contribution < 1.29 is 0 Å². The summed E-state index contributed by atoms with van der Waals surface area (Å²) >= 11 is 3.57. The normalized spacial score (nSPS) is 23.2. The molecule has 1 saturated heterocycles. The molecule has 2 fully saturated rings. The van der Waals surface area contributed by atoms with Gasteiger partial charge in [0.15, 0.2) is 10.8 Å². The summed E-state index contributed by atoms with van der Waals surface area (Å²) in [6.07, 6.45) is 7.58. The van der Waals surface area contributed by atoms with Crippen molar-refractivity contribution in [2.24, 2.45) is 12.0 Å². The average Bonchev–Trinajstić information content (AvgIpc) is 3.03. The number of nitrogens with one attached hydrogen (secondary N) is 1. The van der Waals surface area contributed by atoms with E-state index in [9.17, 15) is 0 Å². The molecule has 0 spiro atoms. The maximum atomic E-state index is 4.87. The highest BCUT2D eigenvalue weighted by Gasteiger charge is 2.37. The molecule has 0 radical (unpaired) electrons. The van der Waals surface area contributed by atoms with Crippen LogP contribution in [0.15, 0.2) is 34.5 Å². The number of aromatic nitrogens is 3. The molecule has 2 aromatic rings. The molecule has 5 rings (SSSR count). The van der Waals surface area contributed by atoms with E-state index in [2.05, 4.69) is 25.8 Å². The van der Waals surface area contributed by atoms with Crippen LogP contribution in [0.2, 0.25) is 0 Å². The van der Waals surface area contributed by atoms with E-state index in [1.807, 2.05) is 41.5 Å². The van der Waals surface area contributed by atoms with E-state index in [0.717, 1.165) is 34.8 Å². The maximum absolute atomic E-state index is 4.87.